The van der Waals surface area contributed by atoms with Gasteiger partial charge in [-0.15, -0.1) is 0 Å². The van der Waals surface area contributed by atoms with E-state index in [1.165, 1.54) is 11.1 Å². The lowest BCUT2D eigenvalue weighted by atomic mass is 9.87. The van der Waals surface area contributed by atoms with E-state index >= 15 is 4.79 Å². The molecule has 0 spiro atoms. The van der Waals surface area contributed by atoms with E-state index in [-0.39, 0.29) is 17.6 Å². The molecule has 4 aromatic carbocycles. The van der Waals surface area contributed by atoms with Gasteiger partial charge in [0.1, 0.15) is 22.7 Å². The van der Waals surface area contributed by atoms with E-state index in [4.69, 9.17) is 8.83 Å². The summed E-state index contributed by atoms with van der Waals surface area (Å²) >= 11 is 0. The first-order chi connectivity index (χ1) is 24.6. The van der Waals surface area contributed by atoms with Gasteiger partial charge in [0.25, 0.3) is 0 Å². The molecule has 6 aromatic rings. The number of nitrogens with zero attached hydrogens (tertiary/aromatic N) is 2. The molecule has 2 aliphatic rings. The highest BCUT2D eigenvalue weighted by Crippen LogP contribution is 2.36. The Morgan fingerprint density at radius 3 is 1.32 bits per heavy atom. The monoisotopic (exact) mass is 660 g/mol. The quantitative estimate of drug-likeness (QED) is 0.137. The van der Waals surface area contributed by atoms with Crippen LogP contribution in [0.1, 0.15) is 48.3 Å². The Kier molecular flexibility index (Phi) is 9.59. The third-order valence-corrected chi connectivity index (χ3v) is 10.4. The minimum Gasteiger partial charge on any atom is -0.456 e. The van der Waals surface area contributed by atoms with Crippen molar-refractivity contribution in [3.8, 4) is 0 Å². The summed E-state index contributed by atoms with van der Waals surface area (Å²) in [5, 5.41) is 2.00. The Hall–Kier alpha value is -4.97. The molecule has 0 unspecified atom stereocenters. The van der Waals surface area contributed by atoms with E-state index in [0.717, 1.165) is 86.9 Å². The third-order valence-electron chi connectivity index (χ3n) is 10.4. The molecule has 2 saturated heterocycles. The largest absolute Gasteiger partial charge is 0.456 e. The lowest BCUT2D eigenvalue weighted by molar-refractivity contribution is -0.109. The summed E-state index contributed by atoms with van der Waals surface area (Å²) in [5.41, 5.74) is 5.53. The lowest BCUT2D eigenvalue weighted by Crippen LogP contribution is -2.33. The second-order valence-corrected chi connectivity index (χ2v) is 14.0. The molecule has 0 radical (unpaired) electrons. The highest BCUT2D eigenvalue weighted by molar-refractivity contribution is 6.41. The van der Waals surface area contributed by atoms with Gasteiger partial charge in [-0.2, -0.15) is 0 Å². The van der Waals surface area contributed by atoms with Gasteiger partial charge in [-0.1, -0.05) is 109 Å². The normalized spacial score (nSPS) is 17.5. The van der Waals surface area contributed by atoms with Crippen molar-refractivity contribution in [2.24, 2.45) is 11.8 Å². The van der Waals surface area contributed by atoms with Crippen LogP contribution in [0.2, 0.25) is 0 Å². The van der Waals surface area contributed by atoms with E-state index in [2.05, 4.69) is 82.6 Å². The maximum Gasteiger partial charge on any atom is 0.199 e. The standard InChI is InChI=1S/C45H44N2O3/c48-45(39(43-29-37-15-7-9-17-41(37)49-43)27-33-19-23-46(24-20-33)31-35-11-3-1-4-12-35)40(44-30-38-16-8-10-18-42(38)50-44)28-34-21-25-47(26-22-34)32-36-13-5-2-6-14-36/h1-18,27-30,33-34H,19-26,31-32H2/b39-27-,40-28-. The molecule has 2 aromatic heterocycles. The molecule has 2 fully saturated rings. The molecule has 5 nitrogen and oxygen atoms in total. The molecule has 0 saturated carbocycles. The first-order valence-electron chi connectivity index (χ1n) is 18.1. The topological polar surface area (TPSA) is 49.8 Å². The molecule has 0 amide bonds. The Balaban J connectivity index is 1.10. The third kappa shape index (κ3) is 7.45. The van der Waals surface area contributed by atoms with Gasteiger partial charge in [-0.05, 0) is 99.1 Å². The fourth-order valence-corrected chi connectivity index (χ4v) is 7.62. The fourth-order valence-electron chi connectivity index (χ4n) is 7.62. The number of furan rings is 2. The lowest BCUT2D eigenvalue weighted by Gasteiger charge is -2.31. The number of piperidine rings is 2. The minimum absolute atomic E-state index is 0.0263. The predicted octanol–water partition coefficient (Wildman–Crippen LogP) is 10.0. The molecule has 4 heterocycles. The number of carbonyl (C=O) groups excluding carboxylic acids is 1. The molecule has 50 heavy (non-hydrogen) atoms. The van der Waals surface area contributed by atoms with Gasteiger partial charge in [-0.25, -0.2) is 0 Å². The Bertz CT molecular complexity index is 1890. The van der Waals surface area contributed by atoms with Crippen LogP contribution in [-0.4, -0.2) is 41.8 Å². The zero-order chi connectivity index (χ0) is 33.7. The van der Waals surface area contributed by atoms with E-state index in [1.54, 1.807) is 0 Å². The molecular weight excluding hydrogens is 617 g/mol. The average molecular weight is 661 g/mol. The van der Waals surface area contributed by atoms with Crippen LogP contribution in [0, 0.1) is 11.8 Å². The maximum atomic E-state index is 15.1. The van der Waals surface area contributed by atoms with Gasteiger partial charge in [0.2, 0.25) is 0 Å². The summed E-state index contributed by atoms with van der Waals surface area (Å²) in [4.78, 5) is 20.1. The number of carbonyl (C=O) groups is 1. The zero-order valence-corrected chi connectivity index (χ0v) is 28.5. The smallest absolute Gasteiger partial charge is 0.199 e. The number of hydrogen-bond donors (Lipinski definition) is 0. The minimum atomic E-state index is -0.0263. The van der Waals surface area contributed by atoms with Gasteiger partial charge in [0.15, 0.2) is 5.78 Å². The molecule has 0 N–H and O–H groups in total. The fraction of sp³-hybridized carbons (Fsp3) is 0.267. The molecule has 0 aliphatic carbocycles. The summed E-state index contributed by atoms with van der Waals surface area (Å²) in [7, 11) is 0. The van der Waals surface area contributed by atoms with Gasteiger partial charge < -0.3 is 8.83 Å². The predicted molar refractivity (Wildman–Crippen MR) is 202 cm³/mol. The Morgan fingerprint density at radius 2 is 0.920 bits per heavy atom. The molecule has 0 bridgehead atoms. The van der Waals surface area contributed by atoms with Crippen molar-refractivity contribution < 1.29 is 13.6 Å². The van der Waals surface area contributed by atoms with Crippen LogP contribution < -0.4 is 0 Å². The van der Waals surface area contributed by atoms with Crippen LogP contribution in [0.4, 0.5) is 0 Å². The van der Waals surface area contributed by atoms with Gasteiger partial charge in [0, 0.05) is 23.9 Å². The SMILES string of the molecule is O=C(/C(=C\C1CCN(Cc2ccccc2)CC1)c1cc2ccccc2o1)/C(=C\C1CCN(Cc2ccccc2)CC1)c1cc2ccccc2o1. The second kappa shape index (κ2) is 14.9. The number of Topliss-reactive ketones (excluding diaryl/α,β-unsaturated/α-hetero) is 1. The van der Waals surface area contributed by atoms with Crippen LogP contribution in [0.25, 0.3) is 33.1 Å². The van der Waals surface area contributed by atoms with Crippen molar-refractivity contribution in [3.05, 3.63) is 156 Å². The summed E-state index contributed by atoms with van der Waals surface area (Å²) in [6.45, 7) is 5.87. The summed E-state index contributed by atoms with van der Waals surface area (Å²) in [6.07, 6.45) is 8.39. The van der Waals surface area contributed by atoms with E-state index < -0.39 is 0 Å². The van der Waals surface area contributed by atoms with Crippen LogP contribution in [-0.2, 0) is 17.9 Å². The molecule has 0 atom stereocenters. The van der Waals surface area contributed by atoms with E-state index in [9.17, 15) is 0 Å². The summed E-state index contributed by atoms with van der Waals surface area (Å²) < 4.78 is 12.9. The van der Waals surface area contributed by atoms with Gasteiger partial charge in [-0.3, -0.25) is 14.6 Å². The molecule has 2 aliphatic heterocycles. The first-order valence-corrected chi connectivity index (χ1v) is 18.1. The van der Waals surface area contributed by atoms with Crippen LogP contribution >= 0.6 is 0 Å². The van der Waals surface area contributed by atoms with Gasteiger partial charge in [0.05, 0.1) is 11.1 Å². The summed E-state index contributed by atoms with van der Waals surface area (Å²) in [6, 6.07) is 41.5. The van der Waals surface area contributed by atoms with E-state index in [0.29, 0.717) is 22.7 Å². The average Bonchev–Trinajstić information content (AvgIpc) is 3.79. The highest BCUT2D eigenvalue weighted by atomic mass is 16.3. The molecular formula is C45H44N2O3. The van der Waals surface area contributed by atoms with Crippen molar-refractivity contribution in [1.29, 1.82) is 0 Å². The van der Waals surface area contributed by atoms with Crippen molar-refractivity contribution in [2.45, 2.75) is 38.8 Å². The number of allylic oxidation sites excluding steroid dienone is 4. The molecule has 5 heteroatoms. The van der Waals surface area contributed by atoms with Crippen LogP contribution in [0.5, 0.6) is 0 Å². The van der Waals surface area contributed by atoms with Crippen molar-refractivity contribution in [3.63, 3.8) is 0 Å². The zero-order valence-electron chi connectivity index (χ0n) is 28.5. The molecule has 252 valence electrons. The number of ketones is 1. The Morgan fingerprint density at radius 1 is 0.540 bits per heavy atom. The number of fused-ring (bicyclic) bond motifs is 2. The summed E-state index contributed by atoms with van der Waals surface area (Å²) in [5.74, 6) is 1.77. The number of rotatable bonds is 10. The van der Waals surface area contributed by atoms with Crippen molar-refractivity contribution >= 4 is 38.9 Å². The maximum absolute atomic E-state index is 15.1. The van der Waals surface area contributed by atoms with Crippen LogP contribution in [0.3, 0.4) is 0 Å². The molecule has 8 rings (SSSR count). The van der Waals surface area contributed by atoms with Crippen molar-refractivity contribution in [1.82, 2.24) is 9.80 Å². The first kappa shape index (κ1) is 32.2. The highest BCUT2D eigenvalue weighted by Gasteiger charge is 2.29. The number of likely N-dealkylation sites (tertiary alicyclic amines) is 2. The van der Waals surface area contributed by atoms with Gasteiger partial charge >= 0.3 is 0 Å². The van der Waals surface area contributed by atoms with Crippen LogP contribution in [0.15, 0.2) is 142 Å². The van der Waals surface area contributed by atoms with E-state index in [1.807, 2.05) is 60.7 Å². The number of para-hydroxylation sites is 2. The second-order valence-electron chi connectivity index (χ2n) is 14.0. The van der Waals surface area contributed by atoms with Crippen molar-refractivity contribution in [2.75, 3.05) is 26.2 Å². The number of benzene rings is 4. The number of hydrogen-bond acceptors (Lipinski definition) is 5. The Labute approximate surface area is 294 Å².